The fourth-order valence-electron chi connectivity index (χ4n) is 1.40. The molecule has 1 aromatic heterocycles. The van der Waals surface area contributed by atoms with Gasteiger partial charge in [0.05, 0.1) is 14.2 Å². The van der Waals surface area contributed by atoms with E-state index in [2.05, 4.69) is 10.1 Å². The lowest BCUT2D eigenvalue weighted by Gasteiger charge is -2.07. The average Bonchev–Trinajstić information content (AvgIpc) is 2.86. The zero-order chi connectivity index (χ0) is 12.3. The molecule has 0 aliphatic carbocycles. The maximum absolute atomic E-state index is 8.85. The molecule has 2 rings (SSSR count). The Bertz CT molecular complexity index is 510. The number of ether oxygens (including phenoxy) is 2. The number of aliphatic hydroxyl groups is 1. The maximum atomic E-state index is 8.85. The van der Waals surface area contributed by atoms with Gasteiger partial charge < -0.3 is 19.1 Å². The van der Waals surface area contributed by atoms with Crippen molar-refractivity contribution in [1.82, 2.24) is 10.1 Å². The van der Waals surface area contributed by atoms with Crippen LogP contribution in [0.15, 0.2) is 22.7 Å². The fourth-order valence-corrected chi connectivity index (χ4v) is 1.40. The van der Waals surface area contributed by atoms with Crippen LogP contribution in [0.1, 0.15) is 5.82 Å². The van der Waals surface area contributed by atoms with E-state index in [9.17, 15) is 0 Å². The third-order valence-corrected chi connectivity index (χ3v) is 2.24. The number of aliphatic hydroxyl groups excluding tert-OH is 1. The Morgan fingerprint density at radius 3 is 2.59 bits per heavy atom. The molecular weight excluding hydrogens is 224 g/mol. The first kappa shape index (κ1) is 11.4. The highest BCUT2D eigenvalue weighted by molar-refractivity contribution is 5.59. The molecule has 2 aromatic rings. The molecule has 0 amide bonds. The lowest BCUT2D eigenvalue weighted by atomic mass is 10.2. The van der Waals surface area contributed by atoms with Crippen molar-refractivity contribution >= 4 is 0 Å². The normalized spacial score (nSPS) is 10.3. The minimum atomic E-state index is -0.253. The molecule has 0 saturated heterocycles. The number of nitrogens with zero attached hydrogens (tertiary/aromatic N) is 2. The maximum Gasteiger partial charge on any atom is 0.258 e. The number of hydrogen-bond acceptors (Lipinski definition) is 6. The summed E-state index contributed by atoms with van der Waals surface area (Å²) in [6.07, 6.45) is 0. The van der Waals surface area contributed by atoms with E-state index in [1.54, 1.807) is 32.4 Å². The fraction of sp³-hybridized carbons (Fsp3) is 0.273. The van der Waals surface area contributed by atoms with Crippen molar-refractivity contribution in [3.8, 4) is 23.0 Å². The molecule has 1 heterocycles. The molecule has 0 saturated carbocycles. The van der Waals surface area contributed by atoms with Gasteiger partial charge in [0, 0.05) is 5.56 Å². The van der Waals surface area contributed by atoms with Crippen LogP contribution in [0.2, 0.25) is 0 Å². The van der Waals surface area contributed by atoms with Crippen LogP contribution in [0.25, 0.3) is 11.5 Å². The topological polar surface area (TPSA) is 77.6 Å². The SMILES string of the molecule is COc1ccc(-c2nc(CO)no2)cc1OC. The molecule has 17 heavy (non-hydrogen) atoms. The highest BCUT2D eigenvalue weighted by Gasteiger charge is 2.11. The first-order chi connectivity index (χ1) is 8.28. The van der Waals surface area contributed by atoms with Crippen molar-refractivity contribution in [2.45, 2.75) is 6.61 Å². The van der Waals surface area contributed by atoms with Crippen molar-refractivity contribution in [1.29, 1.82) is 0 Å². The van der Waals surface area contributed by atoms with Crippen LogP contribution in [0.5, 0.6) is 11.5 Å². The molecule has 90 valence electrons. The Kier molecular flexibility index (Phi) is 3.24. The van der Waals surface area contributed by atoms with Crippen molar-refractivity contribution in [3.05, 3.63) is 24.0 Å². The van der Waals surface area contributed by atoms with Crippen LogP contribution in [0, 0.1) is 0 Å². The Morgan fingerprint density at radius 1 is 1.24 bits per heavy atom. The van der Waals surface area contributed by atoms with Crippen molar-refractivity contribution in [2.75, 3.05) is 14.2 Å². The lowest BCUT2D eigenvalue weighted by molar-refractivity contribution is 0.264. The minimum Gasteiger partial charge on any atom is -0.493 e. The van der Waals surface area contributed by atoms with E-state index in [1.807, 2.05) is 0 Å². The largest absolute Gasteiger partial charge is 0.493 e. The molecule has 6 nitrogen and oxygen atoms in total. The number of methoxy groups -OCH3 is 2. The van der Waals surface area contributed by atoms with Gasteiger partial charge in [-0.05, 0) is 18.2 Å². The molecule has 0 aliphatic rings. The van der Waals surface area contributed by atoms with Gasteiger partial charge in [0.1, 0.15) is 6.61 Å². The second-order valence-electron chi connectivity index (χ2n) is 3.24. The summed E-state index contributed by atoms with van der Waals surface area (Å²) >= 11 is 0. The van der Waals surface area contributed by atoms with E-state index in [1.165, 1.54) is 0 Å². The van der Waals surface area contributed by atoms with Gasteiger partial charge in [0.25, 0.3) is 5.89 Å². The summed E-state index contributed by atoms with van der Waals surface area (Å²) in [5.41, 5.74) is 0.704. The second-order valence-corrected chi connectivity index (χ2v) is 3.24. The van der Waals surface area contributed by atoms with Gasteiger partial charge in [0.2, 0.25) is 0 Å². The second kappa shape index (κ2) is 4.84. The summed E-state index contributed by atoms with van der Waals surface area (Å²) in [5, 5.41) is 12.5. The lowest BCUT2D eigenvalue weighted by Crippen LogP contribution is -1.91. The smallest absolute Gasteiger partial charge is 0.258 e. The summed E-state index contributed by atoms with van der Waals surface area (Å²) in [5.74, 6) is 1.77. The highest BCUT2D eigenvalue weighted by atomic mass is 16.5. The molecular formula is C11H12N2O4. The molecule has 0 radical (unpaired) electrons. The third-order valence-electron chi connectivity index (χ3n) is 2.24. The Labute approximate surface area is 97.8 Å². The zero-order valence-electron chi connectivity index (χ0n) is 9.51. The standard InChI is InChI=1S/C11H12N2O4/c1-15-8-4-3-7(5-9(8)16-2)11-12-10(6-14)13-17-11/h3-5,14H,6H2,1-2H3. The average molecular weight is 236 g/mol. The predicted molar refractivity (Wildman–Crippen MR) is 58.8 cm³/mol. The predicted octanol–water partition coefficient (Wildman–Crippen LogP) is 1.25. The molecule has 0 aliphatic heterocycles. The van der Waals surface area contributed by atoms with Crippen LogP contribution in [-0.4, -0.2) is 29.5 Å². The third kappa shape index (κ3) is 2.21. The molecule has 0 fully saturated rings. The van der Waals surface area contributed by atoms with E-state index in [0.29, 0.717) is 23.0 Å². The quantitative estimate of drug-likeness (QED) is 0.860. The summed E-state index contributed by atoms with van der Waals surface area (Å²) < 4.78 is 15.3. The van der Waals surface area contributed by atoms with Crippen molar-refractivity contribution in [3.63, 3.8) is 0 Å². The Hall–Kier alpha value is -2.08. The minimum absolute atomic E-state index is 0.245. The van der Waals surface area contributed by atoms with E-state index in [0.717, 1.165) is 0 Å². The van der Waals surface area contributed by atoms with Gasteiger partial charge in [-0.3, -0.25) is 0 Å². The van der Waals surface area contributed by atoms with Crippen LogP contribution < -0.4 is 9.47 Å². The summed E-state index contributed by atoms with van der Waals surface area (Å²) in [6, 6.07) is 5.25. The van der Waals surface area contributed by atoms with Crippen LogP contribution in [0.4, 0.5) is 0 Å². The van der Waals surface area contributed by atoms with Crippen molar-refractivity contribution in [2.24, 2.45) is 0 Å². The monoisotopic (exact) mass is 236 g/mol. The van der Waals surface area contributed by atoms with Gasteiger partial charge in [-0.1, -0.05) is 5.16 Å². The van der Waals surface area contributed by atoms with E-state index in [4.69, 9.17) is 19.1 Å². The number of hydrogen-bond donors (Lipinski definition) is 1. The first-order valence-corrected chi connectivity index (χ1v) is 4.94. The Balaban J connectivity index is 2.38. The summed E-state index contributed by atoms with van der Waals surface area (Å²) in [7, 11) is 3.11. The molecule has 1 aromatic carbocycles. The van der Waals surface area contributed by atoms with Gasteiger partial charge in [-0.2, -0.15) is 4.98 Å². The van der Waals surface area contributed by atoms with Crippen LogP contribution in [-0.2, 0) is 6.61 Å². The molecule has 1 N–H and O–H groups in total. The van der Waals surface area contributed by atoms with Crippen LogP contribution in [0.3, 0.4) is 0 Å². The van der Waals surface area contributed by atoms with Gasteiger partial charge in [0.15, 0.2) is 17.3 Å². The molecule has 0 bridgehead atoms. The van der Waals surface area contributed by atoms with E-state index in [-0.39, 0.29) is 12.4 Å². The molecule has 0 spiro atoms. The first-order valence-electron chi connectivity index (χ1n) is 4.94. The summed E-state index contributed by atoms with van der Waals surface area (Å²) in [4.78, 5) is 4.01. The highest BCUT2D eigenvalue weighted by Crippen LogP contribution is 2.31. The number of rotatable bonds is 4. The Morgan fingerprint density at radius 2 is 2.00 bits per heavy atom. The van der Waals surface area contributed by atoms with E-state index >= 15 is 0 Å². The van der Waals surface area contributed by atoms with E-state index < -0.39 is 0 Å². The van der Waals surface area contributed by atoms with Gasteiger partial charge in [-0.15, -0.1) is 0 Å². The van der Waals surface area contributed by atoms with Gasteiger partial charge >= 0.3 is 0 Å². The van der Waals surface area contributed by atoms with Crippen LogP contribution >= 0.6 is 0 Å². The molecule has 0 unspecified atom stereocenters. The summed E-state index contributed by atoms with van der Waals surface area (Å²) in [6.45, 7) is -0.253. The molecule has 0 atom stereocenters. The number of aromatic nitrogens is 2. The van der Waals surface area contributed by atoms with Crippen molar-refractivity contribution < 1.29 is 19.1 Å². The van der Waals surface area contributed by atoms with Gasteiger partial charge in [-0.25, -0.2) is 0 Å². The molecule has 6 heteroatoms. The zero-order valence-corrected chi connectivity index (χ0v) is 9.51. The number of benzene rings is 1.